The molecule has 0 unspecified atom stereocenters. The van der Waals surface area contributed by atoms with E-state index in [2.05, 4.69) is 5.32 Å². The smallest absolute Gasteiger partial charge is 0.255 e. The van der Waals surface area contributed by atoms with E-state index in [1.54, 1.807) is 48.5 Å². The Hall–Kier alpha value is -2.54. The van der Waals surface area contributed by atoms with Crippen molar-refractivity contribution in [2.75, 3.05) is 21.9 Å². The number of carbonyl (C=O) groups is 1. The lowest BCUT2D eigenvalue weighted by molar-refractivity contribution is 0.102. The van der Waals surface area contributed by atoms with Crippen LogP contribution in [0.15, 0.2) is 48.5 Å². The molecule has 1 saturated heterocycles. The van der Waals surface area contributed by atoms with Gasteiger partial charge >= 0.3 is 0 Å². The normalized spacial score (nSPS) is 15.9. The third-order valence-corrected chi connectivity index (χ3v) is 5.87. The van der Waals surface area contributed by atoms with Crippen LogP contribution in [0.5, 0.6) is 5.75 Å². The number of amides is 1. The second-order valence-corrected chi connectivity index (χ2v) is 8.45. The number of sulfonamides is 1. The summed E-state index contributed by atoms with van der Waals surface area (Å²) in [6.45, 7) is 4.39. The first kappa shape index (κ1) is 18.3. The van der Waals surface area contributed by atoms with Crippen molar-refractivity contribution in [1.82, 2.24) is 0 Å². The molecule has 0 spiro atoms. The molecule has 26 heavy (non-hydrogen) atoms. The number of anilines is 2. The molecule has 2 aromatic carbocycles. The van der Waals surface area contributed by atoms with E-state index in [4.69, 9.17) is 4.74 Å². The van der Waals surface area contributed by atoms with E-state index in [-0.39, 0.29) is 17.8 Å². The molecule has 0 aromatic heterocycles. The Kier molecular flexibility index (Phi) is 5.18. The lowest BCUT2D eigenvalue weighted by Gasteiger charge is -2.17. The highest BCUT2D eigenvalue weighted by molar-refractivity contribution is 7.93. The fourth-order valence-corrected chi connectivity index (χ4v) is 4.37. The fraction of sp³-hybridized carbons (Fsp3) is 0.316. The first-order valence-electron chi connectivity index (χ1n) is 8.54. The summed E-state index contributed by atoms with van der Waals surface area (Å²) in [6, 6.07) is 13.8. The Bertz CT molecular complexity index is 875. The van der Waals surface area contributed by atoms with E-state index in [1.807, 2.05) is 13.8 Å². The molecule has 2 aromatic rings. The molecule has 3 rings (SSSR count). The van der Waals surface area contributed by atoms with Gasteiger partial charge in [-0.2, -0.15) is 0 Å². The van der Waals surface area contributed by atoms with Crippen LogP contribution in [0.1, 0.15) is 30.6 Å². The van der Waals surface area contributed by atoms with E-state index >= 15 is 0 Å². The SMILES string of the molecule is CC(C)Oc1ccc(NC(=O)c2ccc(N3CCCS3(=O)=O)cc2)cc1. The van der Waals surface area contributed by atoms with E-state index < -0.39 is 10.0 Å². The van der Waals surface area contributed by atoms with Crippen LogP contribution >= 0.6 is 0 Å². The Morgan fingerprint density at radius 3 is 2.27 bits per heavy atom. The Morgan fingerprint density at radius 1 is 1.08 bits per heavy atom. The van der Waals surface area contributed by atoms with Gasteiger partial charge in [0, 0.05) is 17.8 Å². The van der Waals surface area contributed by atoms with Gasteiger partial charge in [0.1, 0.15) is 5.75 Å². The predicted octanol–water partition coefficient (Wildman–Crippen LogP) is 3.27. The minimum Gasteiger partial charge on any atom is -0.491 e. The largest absolute Gasteiger partial charge is 0.491 e. The second-order valence-electron chi connectivity index (χ2n) is 6.43. The zero-order valence-corrected chi connectivity index (χ0v) is 15.6. The standard InChI is InChI=1S/C19H22N2O4S/c1-14(2)25-18-10-6-16(7-11-18)20-19(22)15-4-8-17(9-5-15)21-12-3-13-26(21,23)24/h4-11,14H,3,12-13H2,1-2H3,(H,20,22). The molecule has 1 aliphatic heterocycles. The lowest BCUT2D eigenvalue weighted by atomic mass is 10.2. The summed E-state index contributed by atoms with van der Waals surface area (Å²) in [5, 5.41) is 2.82. The summed E-state index contributed by atoms with van der Waals surface area (Å²) in [4.78, 5) is 12.4. The molecule has 138 valence electrons. The number of benzene rings is 2. The monoisotopic (exact) mass is 374 g/mol. The van der Waals surface area contributed by atoms with Crippen molar-refractivity contribution in [2.45, 2.75) is 26.4 Å². The van der Waals surface area contributed by atoms with Crippen molar-refractivity contribution in [3.63, 3.8) is 0 Å². The van der Waals surface area contributed by atoms with E-state index in [9.17, 15) is 13.2 Å². The summed E-state index contributed by atoms with van der Waals surface area (Å²) in [6.07, 6.45) is 0.717. The van der Waals surface area contributed by atoms with Crippen LogP contribution < -0.4 is 14.4 Å². The van der Waals surface area contributed by atoms with Crippen molar-refractivity contribution < 1.29 is 17.9 Å². The summed E-state index contributed by atoms with van der Waals surface area (Å²) in [5.41, 5.74) is 1.72. The molecule has 7 heteroatoms. The van der Waals surface area contributed by atoms with E-state index in [0.717, 1.165) is 5.75 Å². The first-order chi connectivity index (χ1) is 12.3. The van der Waals surface area contributed by atoms with Crippen molar-refractivity contribution in [3.8, 4) is 5.75 Å². The van der Waals surface area contributed by atoms with Gasteiger partial charge < -0.3 is 10.1 Å². The van der Waals surface area contributed by atoms with Crippen LogP contribution in [-0.2, 0) is 10.0 Å². The first-order valence-corrected chi connectivity index (χ1v) is 10.1. The number of carbonyl (C=O) groups excluding carboxylic acids is 1. The molecule has 0 radical (unpaired) electrons. The van der Waals surface area contributed by atoms with Crippen LogP contribution in [0.4, 0.5) is 11.4 Å². The zero-order chi connectivity index (χ0) is 18.7. The van der Waals surface area contributed by atoms with Crippen LogP contribution in [0.3, 0.4) is 0 Å². The molecule has 1 amide bonds. The molecular formula is C19H22N2O4S. The average Bonchev–Trinajstić information content (AvgIpc) is 2.95. The minimum atomic E-state index is -3.21. The van der Waals surface area contributed by atoms with Crippen LogP contribution in [-0.4, -0.2) is 32.7 Å². The van der Waals surface area contributed by atoms with E-state index in [0.29, 0.717) is 29.9 Å². The van der Waals surface area contributed by atoms with Gasteiger partial charge in [0.05, 0.1) is 17.5 Å². The zero-order valence-electron chi connectivity index (χ0n) is 14.8. The fourth-order valence-electron chi connectivity index (χ4n) is 2.80. The van der Waals surface area contributed by atoms with Gasteiger partial charge in [-0.05, 0) is 68.8 Å². The molecule has 1 heterocycles. The van der Waals surface area contributed by atoms with Crippen molar-refractivity contribution in [3.05, 3.63) is 54.1 Å². The van der Waals surface area contributed by atoms with Crippen LogP contribution in [0, 0.1) is 0 Å². The number of hydrogen-bond acceptors (Lipinski definition) is 4. The maximum absolute atomic E-state index is 12.4. The van der Waals surface area contributed by atoms with Gasteiger partial charge in [0.2, 0.25) is 10.0 Å². The molecule has 1 aliphatic rings. The number of hydrogen-bond donors (Lipinski definition) is 1. The van der Waals surface area contributed by atoms with Gasteiger partial charge in [-0.25, -0.2) is 8.42 Å². The van der Waals surface area contributed by atoms with Gasteiger partial charge in [-0.1, -0.05) is 0 Å². The van der Waals surface area contributed by atoms with Gasteiger partial charge in [0.15, 0.2) is 0 Å². The average molecular weight is 374 g/mol. The Balaban J connectivity index is 1.67. The molecule has 0 aliphatic carbocycles. The number of rotatable bonds is 5. The summed E-state index contributed by atoms with van der Waals surface area (Å²) >= 11 is 0. The second kappa shape index (κ2) is 7.37. The van der Waals surface area contributed by atoms with Gasteiger partial charge in [-0.15, -0.1) is 0 Å². The minimum absolute atomic E-state index is 0.0911. The molecule has 0 saturated carbocycles. The third-order valence-electron chi connectivity index (χ3n) is 4.00. The van der Waals surface area contributed by atoms with Crippen molar-refractivity contribution in [1.29, 1.82) is 0 Å². The summed E-state index contributed by atoms with van der Waals surface area (Å²) in [7, 11) is -3.21. The highest BCUT2D eigenvalue weighted by Gasteiger charge is 2.28. The number of nitrogens with zero attached hydrogens (tertiary/aromatic N) is 1. The molecule has 6 nitrogen and oxygen atoms in total. The predicted molar refractivity (Wildman–Crippen MR) is 102 cm³/mol. The van der Waals surface area contributed by atoms with E-state index in [1.165, 1.54) is 4.31 Å². The topological polar surface area (TPSA) is 75.7 Å². The molecule has 1 fully saturated rings. The highest BCUT2D eigenvalue weighted by atomic mass is 32.2. The molecule has 0 atom stereocenters. The van der Waals surface area contributed by atoms with Crippen molar-refractivity contribution in [2.24, 2.45) is 0 Å². The van der Waals surface area contributed by atoms with Crippen molar-refractivity contribution >= 4 is 27.3 Å². The summed E-state index contributed by atoms with van der Waals surface area (Å²) in [5.74, 6) is 0.665. The highest BCUT2D eigenvalue weighted by Crippen LogP contribution is 2.24. The number of ether oxygens (including phenoxy) is 1. The quantitative estimate of drug-likeness (QED) is 0.871. The van der Waals surface area contributed by atoms with Gasteiger partial charge in [-0.3, -0.25) is 9.10 Å². The molecule has 1 N–H and O–H groups in total. The lowest BCUT2D eigenvalue weighted by Crippen LogP contribution is -2.25. The number of nitrogens with one attached hydrogen (secondary N) is 1. The van der Waals surface area contributed by atoms with Gasteiger partial charge in [0.25, 0.3) is 5.91 Å². The summed E-state index contributed by atoms with van der Waals surface area (Å²) < 4.78 is 30.9. The molecular weight excluding hydrogens is 352 g/mol. The Morgan fingerprint density at radius 2 is 1.73 bits per heavy atom. The Labute approximate surface area is 153 Å². The maximum atomic E-state index is 12.4. The maximum Gasteiger partial charge on any atom is 0.255 e. The molecule has 0 bridgehead atoms. The third kappa shape index (κ3) is 4.16. The van der Waals surface area contributed by atoms with Crippen LogP contribution in [0.25, 0.3) is 0 Å². The van der Waals surface area contributed by atoms with Crippen LogP contribution in [0.2, 0.25) is 0 Å².